The Kier molecular flexibility index (Phi) is 5.78. The molecule has 0 bridgehead atoms. The van der Waals surface area contributed by atoms with Crippen molar-refractivity contribution >= 4 is 12.0 Å². The van der Waals surface area contributed by atoms with Crippen molar-refractivity contribution in [1.82, 2.24) is 10.2 Å². The van der Waals surface area contributed by atoms with Gasteiger partial charge in [0.25, 0.3) is 0 Å². The smallest absolute Gasteiger partial charge is 0.331 e. The lowest BCUT2D eigenvalue weighted by Crippen LogP contribution is -2.67. The van der Waals surface area contributed by atoms with Gasteiger partial charge in [0.05, 0.1) is 17.8 Å². The zero-order valence-electron chi connectivity index (χ0n) is 21.6. The van der Waals surface area contributed by atoms with E-state index >= 15 is 0 Å². The van der Waals surface area contributed by atoms with E-state index in [0.29, 0.717) is 38.3 Å². The summed E-state index contributed by atoms with van der Waals surface area (Å²) in [7, 11) is 0. The molecule has 1 saturated heterocycles. The highest BCUT2D eigenvalue weighted by Crippen LogP contribution is 2.69. The summed E-state index contributed by atoms with van der Waals surface area (Å²) in [5.41, 5.74) is -0.682. The van der Waals surface area contributed by atoms with E-state index in [4.69, 9.17) is 4.74 Å². The molecule has 0 aromatic heterocycles. The molecule has 4 N–H and O–H groups in total. The summed E-state index contributed by atoms with van der Waals surface area (Å²) >= 11 is 0. The number of amides is 2. The lowest BCUT2D eigenvalue weighted by atomic mass is 9.42. The number of carbonyl (C=O) groups excluding carboxylic acids is 2. The largest absolute Gasteiger partial charge is 0.458 e. The second kappa shape index (κ2) is 8.43. The maximum absolute atomic E-state index is 12.7. The Balaban J connectivity index is 1.19. The van der Waals surface area contributed by atoms with Crippen LogP contribution < -0.4 is 5.32 Å². The number of fused-ring (bicyclic) bond motifs is 5. The molecule has 0 aromatic rings. The SMILES string of the molecule is C[C@]12CC[C@H](NC(=O)N3CCC(O)C3)C[C@H]1CC[C@@H]1[C@@H]2C[C@@H](O)[C@]2(C)[C@@H](C3=CC(=O)OC3)CC[C@]12O. The summed E-state index contributed by atoms with van der Waals surface area (Å²) in [4.78, 5) is 26.2. The predicted molar refractivity (Wildman–Crippen MR) is 132 cm³/mol. The molecule has 0 aromatic carbocycles. The van der Waals surface area contributed by atoms with Gasteiger partial charge in [-0.1, -0.05) is 13.8 Å². The summed E-state index contributed by atoms with van der Waals surface area (Å²) in [6.45, 7) is 5.71. The van der Waals surface area contributed by atoms with Crippen molar-refractivity contribution in [3.8, 4) is 0 Å². The van der Waals surface area contributed by atoms with Crippen LogP contribution >= 0.6 is 0 Å². The van der Waals surface area contributed by atoms with Crippen molar-refractivity contribution in [3.05, 3.63) is 11.6 Å². The van der Waals surface area contributed by atoms with Gasteiger partial charge in [-0.05, 0) is 92.4 Å². The maximum Gasteiger partial charge on any atom is 0.331 e. The van der Waals surface area contributed by atoms with Crippen LogP contribution in [0, 0.1) is 34.5 Å². The van der Waals surface area contributed by atoms with Gasteiger partial charge in [0.15, 0.2) is 0 Å². The molecule has 200 valence electrons. The molecule has 0 radical (unpaired) electrons. The second-order valence-corrected chi connectivity index (χ2v) is 13.2. The van der Waals surface area contributed by atoms with Crippen LogP contribution in [0.4, 0.5) is 4.79 Å². The molecule has 36 heavy (non-hydrogen) atoms. The quantitative estimate of drug-likeness (QED) is 0.431. The van der Waals surface area contributed by atoms with Crippen molar-refractivity contribution in [2.45, 2.75) is 95.5 Å². The van der Waals surface area contributed by atoms with E-state index in [0.717, 1.165) is 44.1 Å². The minimum Gasteiger partial charge on any atom is -0.458 e. The maximum atomic E-state index is 12.7. The minimum absolute atomic E-state index is 0.0236. The van der Waals surface area contributed by atoms with Gasteiger partial charge in [0.2, 0.25) is 0 Å². The molecule has 6 aliphatic rings. The highest BCUT2D eigenvalue weighted by atomic mass is 16.5. The van der Waals surface area contributed by atoms with Crippen LogP contribution in [0.15, 0.2) is 11.6 Å². The molecular formula is C28H42N2O6. The Hall–Kier alpha value is -1.64. The topological polar surface area (TPSA) is 119 Å². The monoisotopic (exact) mass is 502 g/mol. The number of cyclic esters (lactones) is 1. The number of rotatable bonds is 2. The lowest BCUT2D eigenvalue weighted by Gasteiger charge is -2.65. The van der Waals surface area contributed by atoms with Gasteiger partial charge in [-0.15, -0.1) is 0 Å². The van der Waals surface area contributed by atoms with Gasteiger partial charge in [-0.3, -0.25) is 0 Å². The number of urea groups is 1. The van der Waals surface area contributed by atoms with Gasteiger partial charge in [0, 0.05) is 30.6 Å². The highest BCUT2D eigenvalue weighted by Gasteiger charge is 2.70. The number of likely N-dealkylation sites (tertiary alicyclic amines) is 1. The molecule has 0 spiro atoms. The van der Waals surface area contributed by atoms with Crippen LogP contribution in [0.5, 0.6) is 0 Å². The number of aliphatic hydroxyl groups excluding tert-OH is 2. The van der Waals surface area contributed by atoms with E-state index < -0.39 is 23.2 Å². The van der Waals surface area contributed by atoms with Crippen molar-refractivity contribution in [3.63, 3.8) is 0 Å². The van der Waals surface area contributed by atoms with Gasteiger partial charge in [-0.2, -0.15) is 0 Å². The molecule has 1 unspecified atom stereocenters. The standard InChI is InChI=1S/C28H42N2O6/c1-26-8-5-18(29-25(34)30-10-7-19(31)14-30)12-17(26)3-4-21-22(26)13-23(32)27(2)20(6-9-28(21,27)35)16-11-24(33)36-15-16/h11,17-23,31-32,35H,3-10,12-15H2,1-2H3,(H,29,34)/t17-,18+,19?,20-,21-,22+,23-,26+,27+,28+/m1/s1. The Morgan fingerprint density at radius 1 is 1.08 bits per heavy atom. The normalized spacial score (nSPS) is 50.1. The third-order valence-electron chi connectivity index (χ3n) is 11.9. The average molecular weight is 503 g/mol. The summed E-state index contributed by atoms with van der Waals surface area (Å²) in [5.74, 6) is 0.468. The van der Waals surface area contributed by atoms with E-state index in [-0.39, 0.29) is 47.8 Å². The number of hydrogen-bond acceptors (Lipinski definition) is 6. The first-order chi connectivity index (χ1) is 17.1. The number of nitrogens with zero attached hydrogens (tertiary/aromatic N) is 1. The fraction of sp³-hybridized carbons (Fsp3) is 0.857. The summed E-state index contributed by atoms with van der Waals surface area (Å²) in [6.07, 6.45) is 8.05. The van der Waals surface area contributed by atoms with Crippen LogP contribution in [-0.4, -0.2) is 75.8 Å². The molecule has 4 saturated carbocycles. The van der Waals surface area contributed by atoms with Gasteiger partial charge in [0.1, 0.15) is 6.61 Å². The highest BCUT2D eigenvalue weighted by molar-refractivity contribution is 5.85. The molecule has 4 aliphatic carbocycles. The van der Waals surface area contributed by atoms with E-state index in [2.05, 4.69) is 12.2 Å². The zero-order chi connectivity index (χ0) is 25.5. The van der Waals surface area contributed by atoms with E-state index in [1.807, 2.05) is 6.92 Å². The molecule has 2 aliphatic heterocycles. The first-order valence-electron chi connectivity index (χ1n) is 14.1. The number of hydrogen-bond donors (Lipinski definition) is 4. The fourth-order valence-electron chi connectivity index (χ4n) is 9.71. The number of carbonyl (C=O) groups is 2. The van der Waals surface area contributed by atoms with E-state index in [1.165, 1.54) is 0 Å². The number of β-amino-alcohol motifs (C(OH)–C–C–N with tert-alkyl or cyclic N) is 1. The predicted octanol–water partition coefficient (Wildman–Crippen LogP) is 2.36. The first kappa shape index (κ1) is 24.7. The van der Waals surface area contributed by atoms with Crippen molar-refractivity contribution in [1.29, 1.82) is 0 Å². The van der Waals surface area contributed by atoms with Crippen LogP contribution in [0.1, 0.15) is 71.6 Å². The third kappa shape index (κ3) is 3.43. The molecular weight excluding hydrogens is 460 g/mol. The summed E-state index contributed by atoms with van der Waals surface area (Å²) in [5, 5.41) is 37.0. The molecule has 10 atom stereocenters. The lowest BCUT2D eigenvalue weighted by molar-refractivity contribution is -0.242. The van der Waals surface area contributed by atoms with Gasteiger partial charge < -0.3 is 30.3 Å². The summed E-state index contributed by atoms with van der Waals surface area (Å²) < 4.78 is 5.20. The average Bonchev–Trinajstić information content (AvgIpc) is 3.53. The third-order valence-corrected chi connectivity index (χ3v) is 11.9. The zero-order valence-corrected chi connectivity index (χ0v) is 21.6. The van der Waals surface area contributed by atoms with Gasteiger partial charge in [-0.25, -0.2) is 9.59 Å². The van der Waals surface area contributed by atoms with Crippen LogP contribution in [0.2, 0.25) is 0 Å². The number of nitrogens with one attached hydrogen (secondary N) is 1. The van der Waals surface area contributed by atoms with Crippen LogP contribution in [0.25, 0.3) is 0 Å². The van der Waals surface area contributed by atoms with Gasteiger partial charge >= 0.3 is 12.0 Å². The second-order valence-electron chi connectivity index (χ2n) is 13.2. The molecule has 2 amide bonds. The van der Waals surface area contributed by atoms with Crippen LogP contribution in [-0.2, 0) is 9.53 Å². The molecule has 2 heterocycles. The Morgan fingerprint density at radius 2 is 1.89 bits per heavy atom. The van der Waals surface area contributed by atoms with Crippen molar-refractivity contribution in [2.24, 2.45) is 34.5 Å². The number of aliphatic hydroxyl groups is 3. The van der Waals surface area contributed by atoms with E-state index in [9.17, 15) is 24.9 Å². The molecule has 8 heteroatoms. The number of esters is 1. The molecule has 8 nitrogen and oxygen atoms in total. The Bertz CT molecular complexity index is 970. The minimum atomic E-state index is -0.956. The number of ether oxygens (including phenoxy) is 1. The Labute approximate surface area is 213 Å². The first-order valence-corrected chi connectivity index (χ1v) is 14.1. The Morgan fingerprint density at radius 3 is 2.58 bits per heavy atom. The van der Waals surface area contributed by atoms with E-state index in [1.54, 1.807) is 11.0 Å². The summed E-state index contributed by atoms with van der Waals surface area (Å²) in [6, 6.07) is 0.0714. The molecule has 6 rings (SSSR count). The van der Waals surface area contributed by atoms with Crippen LogP contribution in [0.3, 0.4) is 0 Å². The fourth-order valence-corrected chi connectivity index (χ4v) is 9.71. The van der Waals surface area contributed by atoms with Crippen molar-refractivity contribution < 1.29 is 29.6 Å². The van der Waals surface area contributed by atoms with Crippen molar-refractivity contribution in [2.75, 3.05) is 19.7 Å². The molecule has 5 fully saturated rings.